The number of nitrogens with one attached hydrogen (secondary N) is 2. The number of rotatable bonds is 2. The largest absolute Gasteiger partial charge is 0.352 e. The summed E-state index contributed by atoms with van der Waals surface area (Å²) in [5.41, 5.74) is 2.70. The van der Waals surface area contributed by atoms with Crippen molar-refractivity contribution in [1.29, 1.82) is 0 Å². The van der Waals surface area contributed by atoms with Crippen LogP contribution in [0.3, 0.4) is 0 Å². The Morgan fingerprint density at radius 2 is 1.89 bits per heavy atom. The number of hydrogen-bond donors (Lipinski definition) is 2. The summed E-state index contributed by atoms with van der Waals surface area (Å²) in [4.78, 5) is 12.4. The molecule has 1 fully saturated rings. The molecule has 1 aliphatic carbocycles. The number of carbonyl (C=O) groups is 1. The molecule has 0 spiro atoms. The molecule has 2 N–H and O–H groups in total. The molecule has 1 aromatic carbocycles. The molecule has 0 radical (unpaired) electrons. The number of hydrogen-bond acceptors (Lipinski definition) is 2. The van der Waals surface area contributed by atoms with E-state index in [0.29, 0.717) is 6.04 Å². The zero-order chi connectivity index (χ0) is 13.1. The highest BCUT2D eigenvalue weighted by atomic mass is 16.1. The van der Waals surface area contributed by atoms with Gasteiger partial charge in [-0.05, 0) is 43.4 Å². The van der Waals surface area contributed by atoms with Gasteiger partial charge >= 0.3 is 0 Å². The van der Waals surface area contributed by atoms with Crippen LogP contribution >= 0.6 is 0 Å². The third-order valence-corrected chi connectivity index (χ3v) is 4.32. The van der Waals surface area contributed by atoms with Gasteiger partial charge in [0.2, 0.25) is 5.91 Å². The van der Waals surface area contributed by atoms with Crippen LogP contribution < -0.4 is 10.6 Å². The van der Waals surface area contributed by atoms with E-state index in [1.54, 1.807) is 0 Å². The molecule has 102 valence electrons. The molecule has 1 heterocycles. The molecule has 1 atom stereocenters. The fraction of sp³-hybridized carbons (Fsp3) is 0.562. The molecule has 3 heteroatoms. The van der Waals surface area contributed by atoms with E-state index in [0.717, 1.165) is 32.4 Å². The molecule has 3 rings (SSSR count). The maximum atomic E-state index is 12.4. The van der Waals surface area contributed by atoms with Gasteiger partial charge in [0, 0.05) is 18.5 Å². The summed E-state index contributed by atoms with van der Waals surface area (Å²) >= 11 is 0. The third kappa shape index (κ3) is 2.98. The molecule has 0 aromatic heterocycles. The van der Waals surface area contributed by atoms with E-state index in [4.69, 9.17) is 0 Å². The monoisotopic (exact) mass is 258 g/mol. The van der Waals surface area contributed by atoms with E-state index in [1.807, 2.05) is 0 Å². The SMILES string of the molecule is O=C(NC1CCCCNC1)C1Cc2ccccc2C1. The van der Waals surface area contributed by atoms with Crippen LogP contribution in [-0.4, -0.2) is 25.0 Å². The Balaban J connectivity index is 1.57. The molecule has 2 aliphatic rings. The van der Waals surface area contributed by atoms with Crippen LogP contribution in [0.25, 0.3) is 0 Å². The van der Waals surface area contributed by atoms with Crippen LogP contribution in [0.1, 0.15) is 30.4 Å². The summed E-state index contributed by atoms with van der Waals surface area (Å²) in [5, 5.41) is 6.63. The molecule has 19 heavy (non-hydrogen) atoms. The lowest BCUT2D eigenvalue weighted by Gasteiger charge is -2.19. The van der Waals surface area contributed by atoms with Gasteiger partial charge in [0.1, 0.15) is 0 Å². The Labute approximate surface area is 114 Å². The van der Waals surface area contributed by atoms with Gasteiger partial charge < -0.3 is 10.6 Å². The average Bonchev–Trinajstić information content (AvgIpc) is 2.70. The molecular formula is C16H22N2O. The van der Waals surface area contributed by atoms with Crippen molar-refractivity contribution in [2.24, 2.45) is 5.92 Å². The lowest BCUT2D eigenvalue weighted by Crippen LogP contribution is -2.43. The Morgan fingerprint density at radius 1 is 1.16 bits per heavy atom. The molecule has 1 saturated heterocycles. The van der Waals surface area contributed by atoms with Gasteiger partial charge in [-0.2, -0.15) is 0 Å². The summed E-state index contributed by atoms with van der Waals surface area (Å²) in [6.45, 7) is 2.01. The van der Waals surface area contributed by atoms with Crippen molar-refractivity contribution in [2.45, 2.75) is 38.1 Å². The van der Waals surface area contributed by atoms with Gasteiger partial charge in [-0.1, -0.05) is 30.7 Å². The molecule has 1 aliphatic heterocycles. The van der Waals surface area contributed by atoms with E-state index < -0.39 is 0 Å². The normalized spacial score (nSPS) is 23.7. The Bertz CT molecular complexity index is 425. The van der Waals surface area contributed by atoms with Gasteiger partial charge in [-0.3, -0.25) is 4.79 Å². The molecule has 1 amide bonds. The van der Waals surface area contributed by atoms with Crippen molar-refractivity contribution >= 4 is 5.91 Å². The maximum absolute atomic E-state index is 12.4. The molecule has 1 aromatic rings. The lowest BCUT2D eigenvalue weighted by atomic mass is 10.0. The summed E-state index contributed by atoms with van der Waals surface area (Å²) < 4.78 is 0. The minimum absolute atomic E-state index is 0.139. The Hall–Kier alpha value is -1.35. The maximum Gasteiger partial charge on any atom is 0.224 e. The van der Waals surface area contributed by atoms with Gasteiger partial charge in [0.05, 0.1) is 0 Å². The highest BCUT2D eigenvalue weighted by molar-refractivity contribution is 5.80. The zero-order valence-corrected chi connectivity index (χ0v) is 11.3. The first kappa shape index (κ1) is 12.7. The van der Waals surface area contributed by atoms with E-state index >= 15 is 0 Å². The Kier molecular flexibility index (Phi) is 3.83. The topological polar surface area (TPSA) is 41.1 Å². The first-order valence-corrected chi connectivity index (χ1v) is 7.41. The molecule has 3 nitrogen and oxygen atoms in total. The second kappa shape index (κ2) is 5.74. The number of fused-ring (bicyclic) bond motifs is 1. The zero-order valence-electron chi connectivity index (χ0n) is 11.3. The summed E-state index contributed by atoms with van der Waals surface area (Å²) in [6.07, 6.45) is 5.35. The van der Waals surface area contributed by atoms with Crippen LogP contribution in [0.15, 0.2) is 24.3 Å². The van der Waals surface area contributed by atoms with Crippen LogP contribution in [0, 0.1) is 5.92 Å². The van der Waals surface area contributed by atoms with Crippen LogP contribution in [0.2, 0.25) is 0 Å². The smallest absolute Gasteiger partial charge is 0.224 e. The van der Waals surface area contributed by atoms with Crippen molar-refractivity contribution in [3.8, 4) is 0 Å². The summed E-state index contributed by atoms with van der Waals surface area (Å²) in [5.74, 6) is 0.380. The highest BCUT2D eigenvalue weighted by Crippen LogP contribution is 2.26. The van der Waals surface area contributed by atoms with Gasteiger partial charge in [-0.15, -0.1) is 0 Å². The fourth-order valence-corrected chi connectivity index (χ4v) is 3.21. The minimum atomic E-state index is 0.139. The summed E-state index contributed by atoms with van der Waals surface area (Å²) in [6, 6.07) is 8.74. The van der Waals surface area contributed by atoms with Crippen LogP contribution in [-0.2, 0) is 17.6 Å². The number of amides is 1. The quantitative estimate of drug-likeness (QED) is 0.847. The number of carbonyl (C=O) groups excluding carboxylic acids is 1. The summed E-state index contributed by atoms with van der Waals surface area (Å²) in [7, 11) is 0. The first-order valence-electron chi connectivity index (χ1n) is 7.41. The second-order valence-electron chi connectivity index (χ2n) is 5.78. The first-order chi connectivity index (χ1) is 9.33. The predicted molar refractivity (Wildman–Crippen MR) is 76.0 cm³/mol. The van der Waals surface area contributed by atoms with Gasteiger partial charge in [0.25, 0.3) is 0 Å². The van der Waals surface area contributed by atoms with Crippen molar-refractivity contribution in [1.82, 2.24) is 10.6 Å². The highest BCUT2D eigenvalue weighted by Gasteiger charge is 2.28. The molecule has 0 bridgehead atoms. The van der Waals surface area contributed by atoms with Crippen LogP contribution in [0.5, 0.6) is 0 Å². The van der Waals surface area contributed by atoms with Crippen LogP contribution in [0.4, 0.5) is 0 Å². The second-order valence-corrected chi connectivity index (χ2v) is 5.78. The lowest BCUT2D eigenvalue weighted by molar-refractivity contribution is -0.125. The predicted octanol–water partition coefficient (Wildman–Crippen LogP) is 1.66. The number of benzene rings is 1. The molecule has 0 saturated carbocycles. The van der Waals surface area contributed by atoms with Gasteiger partial charge in [0.15, 0.2) is 0 Å². The fourth-order valence-electron chi connectivity index (χ4n) is 3.21. The van der Waals surface area contributed by atoms with Gasteiger partial charge in [-0.25, -0.2) is 0 Å². The van der Waals surface area contributed by atoms with Crippen molar-refractivity contribution in [2.75, 3.05) is 13.1 Å². The molecule has 1 unspecified atom stereocenters. The van der Waals surface area contributed by atoms with E-state index in [1.165, 1.54) is 24.0 Å². The Morgan fingerprint density at radius 3 is 2.63 bits per heavy atom. The average molecular weight is 258 g/mol. The van der Waals surface area contributed by atoms with Crippen molar-refractivity contribution < 1.29 is 4.79 Å². The van der Waals surface area contributed by atoms with E-state index in [2.05, 4.69) is 34.9 Å². The van der Waals surface area contributed by atoms with E-state index in [9.17, 15) is 4.79 Å². The third-order valence-electron chi connectivity index (χ3n) is 4.32. The van der Waals surface area contributed by atoms with E-state index in [-0.39, 0.29) is 11.8 Å². The minimum Gasteiger partial charge on any atom is -0.352 e. The van der Waals surface area contributed by atoms with Crippen molar-refractivity contribution in [3.05, 3.63) is 35.4 Å². The standard InChI is InChI=1S/C16H22N2O/c19-16(18-15-7-3-4-8-17-11-15)14-9-12-5-1-2-6-13(12)10-14/h1-2,5-6,14-15,17H,3-4,7-11H2,(H,18,19). The van der Waals surface area contributed by atoms with Crippen molar-refractivity contribution in [3.63, 3.8) is 0 Å². The molecular weight excluding hydrogens is 236 g/mol.